The second-order valence-electron chi connectivity index (χ2n) is 4.10. The monoisotopic (exact) mass is 322 g/mol. The normalized spacial score (nSPS) is 10.6. The molecule has 0 unspecified atom stereocenters. The molecule has 108 valence electrons. The van der Waals surface area contributed by atoms with E-state index in [0.29, 0.717) is 16.3 Å². The summed E-state index contributed by atoms with van der Waals surface area (Å²) in [5.74, 6) is 0.307. The molecule has 0 aliphatic heterocycles. The number of halogens is 2. The number of nitrogens with one attached hydrogen (secondary N) is 1. The third kappa shape index (κ3) is 4.21. The SMILES string of the molecule is COc1cccc(/C=N\NC(=O)c2ccc(Cl)cc2Cl)c1. The van der Waals surface area contributed by atoms with Crippen LogP contribution in [0.25, 0.3) is 0 Å². The van der Waals surface area contributed by atoms with Crippen molar-refractivity contribution in [3.63, 3.8) is 0 Å². The van der Waals surface area contributed by atoms with Gasteiger partial charge >= 0.3 is 0 Å². The van der Waals surface area contributed by atoms with Gasteiger partial charge in [0.25, 0.3) is 5.91 Å². The number of carbonyl (C=O) groups is 1. The molecular weight excluding hydrogens is 311 g/mol. The predicted octanol–water partition coefficient (Wildman–Crippen LogP) is 3.77. The summed E-state index contributed by atoms with van der Waals surface area (Å²) in [4.78, 5) is 11.9. The number of methoxy groups -OCH3 is 1. The summed E-state index contributed by atoms with van der Waals surface area (Å²) in [7, 11) is 1.58. The first-order chi connectivity index (χ1) is 10.1. The molecule has 0 fully saturated rings. The van der Waals surface area contributed by atoms with Gasteiger partial charge in [-0.3, -0.25) is 4.79 Å². The van der Waals surface area contributed by atoms with Crippen molar-refractivity contribution < 1.29 is 9.53 Å². The topological polar surface area (TPSA) is 50.7 Å². The molecule has 0 aromatic heterocycles. The Labute approximate surface area is 132 Å². The third-order valence-electron chi connectivity index (χ3n) is 2.65. The Balaban J connectivity index is 2.04. The fourth-order valence-electron chi connectivity index (χ4n) is 1.62. The lowest BCUT2D eigenvalue weighted by atomic mass is 10.2. The van der Waals surface area contributed by atoms with Crippen LogP contribution in [0.4, 0.5) is 0 Å². The van der Waals surface area contributed by atoms with Crippen molar-refractivity contribution >= 4 is 35.3 Å². The van der Waals surface area contributed by atoms with E-state index in [-0.39, 0.29) is 5.02 Å². The summed E-state index contributed by atoms with van der Waals surface area (Å²) in [5, 5.41) is 4.63. The van der Waals surface area contributed by atoms with Gasteiger partial charge in [0, 0.05) is 5.02 Å². The lowest BCUT2D eigenvalue weighted by molar-refractivity contribution is 0.0955. The van der Waals surface area contributed by atoms with E-state index in [4.69, 9.17) is 27.9 Å². The summed E-state index contributed by atoms with van der Waals surface area (Å²) in [6, 6.07) is 11.9. The minimum Gasteiger partial charge on any atom is -0.497 e. The number of carbonyl (C=O) groups excluding carboxylic acids is 1. The van der Waals surface area contributed by atoms with E-state index in [9.17, 15) is 4.79 Å². The Hall–Kier alpha value is -2.04. The average molecular weight is 323 g/mol. The smallest absolute Gasteiger partial charge is 0.272 e. The van der Waals surface area contributed by atoms with Crippen LogP contribution in [-0.4, -0.2) is 19.2 Å². The number of hydrogen-bond acceptors (Lipinski definition) is 3. The predicted molar refractivity (Wildman–Crippen MR) is 84.5 cm³/mol. The molecule has 2 rings (SSSR count). The van der Waals surface area contributed by atoms with Gasteiger partial charge in [-0.2, -0.15) is 5.10 Å². The fraction of sp³-hybridized carbons (Fsp3) is 0.0667. The molecule has 6 heteroatoms. The molecular formula is C15H12Cl2N2O2. The molecule has 21 heavy (non-hydrogen) atoms. The summed E-state index contributed by atoms with van der Waals surface area (Å²) in [6.07, 6.45) is 1.52. The first-order valence-electron chi connectivity index (χ1n) is 6.02. The van der Waals surface area contributed by atoms with Crippen LogP contribution in [0, 0.1) is 0 Å². The number of rotatable bonds is 4. The molecule has 0 atom stereocenters. The Morgan fingerprint density at radius 1 is 1.24 bits per heavy atom. The number of ether oxygens (including phenoxy) is 1. The first kappa shape index (κ1) is 15.4. The van der Waals surface area contributed by atoms with Gasteiger partial charge in [0.1, 0.15) is 5.75 Å². The van der Waals surface area contributed by atoms with Crippen molar-refractivity contribution in [1.82, 2.24) is 5.43 Å². The largest absolute Gasteiger partial charge is 0.497 e. The highest BCUT2D eigenvalue weighted by Crippen LogP contribution is 2.20. The van der Waals surface area contributed by atoms with Crippen molar-refractivity contribution in [1.29, 1.82) is 0 Å². The van der Waals surface area contributed by atoms with Gasteiger partial charge < -0.3 is 4.74 Å². The molecule has 1 amide bonds. The molecule has 0 spiro atoms. The molecule has 1 N–H and O–H groups in total. The molecule has 0 heterocycles. The molecule has 4 nitrogen and oxygen atoms in total. The van der Waals surface area contributed by atoms with Crippen LogP contribution in [0.15, 0.2) is 47.6 Å². The van der Waals surface area contributed by atoms with Crippen molar-refractivity contribution in [2.24, 2.45) is 5.10 Å². The molecule has 0 bridgehead atoms. The zero-order valence-corrected chi connectivity index (χ0v) is 12.7. The van der Waals surface area contributed by atoms with Crippen molar-refractivity contribution in [3.05, 3.63) is 63.6 Å². The standard InChI is InChI=1S/C15H12Cl2N2O2/c1-21-12-4-2-3-10(7-12)9-18-19-15(20)13-6-5-11(16)8-14(13)17/h2-9H,1H3,(H,19,20)/b18-9-. The maximum absolute atomic E-state index is 11.9. The quantitative estimate of drug-likeness (QED) is 0.688. The lowest BCUT2D eigenvalue weighted by Crippen LogP contribution is -2.18. The molecule has 0 saturated carbocycles. The van der Waals surface area contributed by atoms with E-state index in [1.165, 1.54) is 12.3 Å². The molecule has 0 radical (unpaired) electrons. The van der Waals surface area contributed by atoms with Crippen LogP contribution in [-0.2, 0) is 0 Å². The van der Waals surface area contributed by atoms with Crippen LogP contribution in [0.3, 0.4) is 0 Å². The Morgan fingerprint density at radius 3 is 2.76 bits per heavy atom. The summed E-state index contributed by atoms with van der Waals surface area (Å²) in [5.41, 5.74) is 3.52. The summed E-state index contributed by atoms with van der Waals surface area (Å²) < 4.78 is 5.10. The molecule has 0 saturated heterocycles. The van der Waals surface area contributed by atoms with E-state index in [0.717, 1.165) is 5.56 Å². The lowest BCUT2D eigenvalue weighted by Gasteiger charge is -2.03. The highest BCUT2D eigenvalue weighted by molar-refractivity contribution is 6.36. The zero-order chi connectivity index (χ0) is 15.2. The van der Waals surface area contributed by atoms with Crippen molar-refractivity contribution in [2.75, 3.05) is 7.11 Å². The van der Waals surface area contributed by atoms with E-state index in [1.807, 2.05) is 18.2 Å². The number of hydrogen-bond donors (Lipinski definition) is 1. The minimum absolute atomic E-state index is 0.275. The highest BCUT2D eigenvalue weighted by Gasteiger charge is 2.09. The fourth-order valence-corrected chi connectivity index (χ4v) is 2.12. The summed E-state index contributed by atoms with van der Waals surface area (Å²) >= 11 is 11.7. The molecule has 2 aromatic carbocycles. The van der Waals surface area contributed by atoms with Gasteiger partial charge in [0.15, 0.2) is 0 Å². The number of benzene rings is 2. The number of hydrazone groups is 1. The maximum atomic E-state index is 11.9. The third-order valence-corrected chi connectivity index (χ3v) is 3.20. The summed E-state index contributed by atoms with van der Waals surface area (Å²) in [6.45, 7) is 0. The van der Waals surface area contributed by atoms with Crippen LogP contribution in [0.1, 0.15) is 15.9 Å². The Kier molecular flexibility index (Phi) is 5.20. The first-order valence-corrected chi connectivity index (χ1v) is 6.78. The number of nitrogens with zero attached hydrogens (tertiary/aromatic N) is 1. The van der Waals surface area contributed by atoms with Crippen molar-refractivity contribution in [2.45, 2.75) is 0 Å². The Bertz CT molecular complexity index is 687. The van der Waals surface area contributed by atoms with Crippen LogP contribution < -0.4 is 10.2 Å². The van der Waals surface area contributed by atoms with Crippen LogP contribution in [0.2, 0.25) is 10.0 Å². The van der Waals surface area contributed by atoms with Gasteiger partial charge in [-0.15, -0.1) is 0 Å². The highest BCUT2D eigenvalue weighted by atomic mass is 35.5. The van der Waals surface area contributed by atoms with Crippen molar-refractivity contribution in [3.8, 4) is 5.75 Å². The van der Waals surface area contributed by atoms with E-state index in [1.54, 1.807) is 25.3 Å². The van der Waals surface area contributed by atoms with E-state index in [2.05, 4.69) is 10.5 Å². The van der Waals surface area contributed by atoms with Gasteiger partial charge in [0.05, 0.1) is 23.9 Å². The average Bonchev–Trinajstić information content (AvgIpc) is 2.47. The maximum Gasteiger partial charge on any atom is 0.272 e. The van der Waals surface area contributed by atoms with E-state index < -0.39 is 5.91 Å². The van der Waals surface area contributed by atoms with Gasteiger partial charge in [-0.05, 0) is 35.9 Å². The molecule has 2 aromatic rings. The molecule has 0 aliphatic carbocycles. The van der Waals surface area contributed by atoms with Gasteiger partial charge in [-0.1, -0.05) is 35.3 Å². The van der Waals surface area contributed by atoms with Crippen LogP contribution >= 0.6 is 23.2 Å². The molecule has 0 aliphatic rings. The second kappa shape index (κ2) is 7.11. The number of amides is 1. The van der Waals surface area contributed by atoms with Gasteiger partial charge in [0.2, 0.25) is 0 Å². The zero-order valence-electron chi connectivity index (χ0n) is 11.1. The van der Waals surface area contributed by atoms with Gasteiger partial charge in [-0.25, -0.2) is 5.43 Å². The van der Waals surface area contributed by atoms with E-state index >= 15 is 0 Å². The Morgan fingerprint density at radius 2 is 2.05 bits per heavy atom. The minimum atomic E-state index is -0.407. The second-order valence-corrected chi connectivity index (χ2v) is 4.94. The van der Waals surface area contributed by atoms with Crippen LogP contribution in [0.5, 0.6) is 5.75 Å².